The van der Waals surface area contributed by atoms with E-state index in [0.717, 1.165) is 24.9 Å². The van der Waals surface area contributed by atoms with Gasteiger partial charge in [0, 0.05) is 20.1 Å². The summed E-state index contributed by atoms with van der Waals surface area (Å²) < 4.78 is 16.7. The maximum atomic E-state index is 13.1. The van der Waals surface area contributed by atoms with Crippen LogP contribution in [0.5, 0.6) is 11.5 Å². The predicted molar refractivity (Wildman–Crippen MR) is 123 cm³/mol. The van der Waals surface area contributed by atoms with Gasteiger partial charge in [-0.05, 0) is 48.8 Å². The van der Waals surface area contributed by atoms with Crippen molar-refractivity contribution in [1.82, 2.24) is 18.7 Å². The molecule has 0 spiro atoms. The summed E-state index contributed by atoms with van der Waals surface area (Å²) in [6, 6.07) is 5.69. The van der Waals surface area contributed by atoms with Crippen LogP contribution in [0.3, 0.4) is 0 Å². The van der Waals surface area contributed by atoms with Crippen molar-refractivity contribution in [3.8, 4) is 11.5 Å². The molecular formula is C22H28N4O3S. The number of fused-ring (bicyclic) bond motifs is 1. The molecule has 30 heavy (non-hydrogen) atoms. The monoisotopic (exact) mass is 428 g/mol. The average molecular weight is 429 g/mol. The number of aromatic nitrogens is 4. The molecule has 8 heteroatoms. The first-order valence-corrected chi connectivity index (χ1v) is 10.5. The van der Waals surface area contributed by atoms with Gasteiger partial charge in [-0.2, -0.15) is 0 Å². The van der Waals surface area contributed by atoms with E-state index in [1.807, 2.05) is 53.5 Å². The van der Waals surface area contributed by atoms with Crippen molar-refractivity contribution >= 4 is 35.5 Å². The first kappa shape index (κ1) is 21.8. The number of rotatable bonds is 8. The Bertz CT molecular complexity index is 1200. The van der Waals surface area contributed by atoms with Crippen molar-refractivity contribution in [2.24, 2.45) is 7.05 Å². The van der Waals surface area contributed by atoms with E-state index in [4.69, 9.17) is 26.7 Å². The third-order valence-electron chi connectivity index (χ3n) is 5.00. The van der Waals surface area contributed by atoms with Gasteiger partial charge in [-0.1, -0.05) is 26.0 Å². The summed E-state index contributed by atoms with van der Waals surface area (Å²) in [6.45, 7) is 5.44. The number of hydrogen-bond donors (Lipinski definition) is 0. The van der Waals surface area contributed by atoms with Crippen LogP contribution in [0.4, 0.5) is 0 Å². The van der Waals surface area contributed by atoms with Crippen molar-refractivity contribution in [2.75, 3.05) is 14.2 Å². The van der Waals surface area contributed by atoms with Gasteiger partial charge in [0.05, 0.1) is 14.2 Å². The fourth-order valence-electron chi connectivity index (χ4n) is 3.50. The van der Waals surface area contributed by atoms with Crippen molar-refractivity contribution in [3.05, 3.63) is 44.7 Å². The average Bonchev–Trinajstić information content (AvgIpc) is 3.08. The zero-order chi connectivity index (χ0) is 21.8. The number of ether oxygens (including phenoxy) is 2. The summed E-state index contributed by atoms with van der Waals surface area (Å²) >= 11 is 5.62. The van der Waals surface area contributed by atoms with E-state index >= 15 is 0 Å². The van der Waals surface area contributed by atoms with E-state index in [9.17, 15) is 4.79 Å². The van der Waals surface area contributed by atoms with E-state index in [1.54, 1.807) is 18.8 Å². The molecule has 1 aromatic carbocycles. The second-order valence-electron chi connectivity index (χ2n) is 7.04. The van der Waals surface area contributed by atoms with Crippen LogP contribution >= 0.6 is 12.2 Å². The molecule has 2 aromatic heterocycles. The number of imidazole rings is 1. The lowest BCUT2D eigenvalue weighted by Gasteiger charge is -2.12. The highest BCUT2D eigenvalue weighted by atomic mass is 32.1. The molecule has 7 nitrogen and oxygen atoms in total. The number of aryl methyl sites for hydroxylation is 2. The largest absolute Gasteiger partial charge is 0.493 e. The Morgan fingerprint density at radius 1 is 1.03 bits per heavy atom. The lowest BCUT2D eigenvalue weighted by Crippen LogP contribution is -2.26. The summed E-state index contributed by atoms with van der Waals surface area (Å²) in [5.74, 6) is 2.02. The molecule has 0 amide bonds. The van der Waals surface area contributed by atoms with E-state index in [1.165, 1.54) is 0 Å². The van der Waals surface area contributed by atoms with Crippen LogP contribution in [0.1, 0.15) is 38.1 Å². The normalized spacial score (nSPS) is 11.5. The van der Waals surface area contributed by atoms with Gasteiger partial charge in [-0.3, -0.25) is 9.36 Å². The van der Waals surface area contributed by atoms with Crippen LogP contribution in [-0.2, 0) is 20.1 Å². The summed E-state index contributed by atoms with van der Waals surface area (Å²) in [4.78, 5) is 17.9. The molecule has 0 aliphatic heterocycles. The molecule has 0 aliphatic rings. The van der Waals surface area contributed by atoms with Gasteiger partial charge < -0.3 is 18.6 Å². The summed E-state index contributed by atoms with van der Waals surface area (Å²) in [5, 5.41) is 0. The van der Waals surface area contributed by atoms with Gasteiger partial charge in [0.15, 0.2) is 27.4 Å². The van der Waals surface area contributed by atoms with Crippen LogP contribution in [0, 0.1) is 4.77 Å². The van der Waals surface area contributed by atoms with Gasteiger partial charge in [-0.15, -0.1) is 0 Å². The van der Waals surface area contributed by atoms with Gasteiger partial charge in [0.1, 0.15) is 5.82 Å². The number of methoxy groups -OCH3 is 2. The summed E-state index contributed by atoms with van der Waals surface area (Å²) in [6.07, 6.45) is 5.57. The third kappa shape index (κ3) is 3.92. The smallest absolute Gasteiger partial charge is 0.280 e. The maximum absolute atomic E-state index is 13.1. The minimum absolute atomic E-state index is 0.0926. The van der Waals surface area contributed by atoms with Gasteiger partial charge >= 0.3 is 0 Å². The molecule has 0 saturated heterocycles. The molecule has 160 valence electrons. The zero-order valence-corrected chi connectivity index (χ0v) is 19.0. The molecular weight excluding hydrogens is 400 g/mol. The molecule has 3 rings (SSSR count). The first-order chi connectivity index (χ1) is 14.5. The summed E-state index contributed by atoms with van der Waals surface area (Å²) in [7, 11) is 5.08. The van der Waals surface area contributed by atoms with E-state index in [2.05, 4.69) is 6.92 Å². The molecule has 0 radical (unpaired) electrons. The van der Waals surface area contributed by atoms with Crippen LogP contribution in [0.25, 0.3) is 23.3 Å². The van der Waals surface area contributed by atoms with E-state index in [-0.39, 0.29) is 5.56 Å². The van der Waals surface area contributed by atoms with Gasteiger partial charge in [0.25, 0.3) is 5.56 Å². The van der Waals surface area contributed by atoms with Crippen molar-refractivity contribution in [3.63, 3.8) is 0 Å². The van der Waals surface area contributed by atoms with Crippen molar-refractivity contribution in [1.29, 1.82) is 0 Å². The van der Waals surface area contributed by atoms with Crippen LogP contribution in [-0.4, -0.2) is 32.9 Å². The highest BCUT2D eigenvalue weighted by Crippen LogP contribution is 2.28. The Morgan fingerprint density at radius 2 is 1.70 bits per heavy atom. The van der Waals surface area contributed by atoms with E-state index < -0.39 is 0 Å². The lowest BCUT2D eigenvalue weighted by molar-refractivity contribution is 0.355. The summed E-state index contributed by atoms with van der Waals surface area (Å²) in [5.41, 5.74) is 2.05. The number of benzene rings is 1. The highest BCUT2D eigenvalue weighted by Gasteiger charge is 2.17. The SMILES string of the molecule is CCCn1c(=O)c2c(nc(C=Cc3ccc(OC)c(OC)c3)n2C)n(CCC)c1=S. The van der Waals surface area contributed by atoms with Crippen molar-refractivity contribution < 1.29 is 9.47 Å². The molecule has 0 fully saturated rings. The molecule has 3 aromatic rings. The fourth-order valence-corrected chi connectivity index (χ4v) is 3.85. The highest BCUT2D eigenvalue weighted by molar-refractivity contribution is 7.71. The zero-order valence-electron chi connectivity index (χ0n) is 18.1. The Labute approximate surface area is 181 Å². The Kier molecular flexibility index (Phi) is 6.77. The minimum atomic E-state index is -0.0926. The second kappa shape index (κ2) is 9.30. The molecule has 0 unspecified atom stereocenters. The number of nitrogens with zero attached hydrogens (tertiary/aromatic N) is 4. The van der Waals surface area contributed by atoms with Crippen LogP contribution < -0.4 is 15.0 Å². The fraction of sp³-hybridized carbons (Fsp3) is 0.409. The topological polar surface area (TPSA) is 63.2 Å². The Balaban J connectivity index is 2.14. The lowest BCUT2D eigenvalue weighted by atomic mass is 10.2. The van der Waals surface area contributed by atoms with E-state index in [0.29, 0.717) is 39.8 Å². The van der Waals surface area contributed by atoms with Crippen molar-refractivity contribution in [2.45, 2.75) is 39.8 Å². The predicted octanol–water partition coefficient (Wildman–Crippen LogP) is 4.27. The maximum Gasteiger partial charge on any atom is 0.280 e. The van der Waals surface area contributed by atoms with Gasteiger partial charge in [-0.25, -0.2) is 4.98 Å². The molecule has 0 bridgehead atoms. The van der Waals surface area contributed by atoms with Gasteiger partial charge in [0.2, 0.25) is 0 Å². The first-order valence-electron chi connectivity index (χ1n) is 10.1. The standard InChI is InChI=1S/C22H28N4O3S/c1-6-12-25-20-19(21(27)26(13-7-2)22(25)30)24(3)18(23-20)11-9-15-8-10-16(28-4)17(14-15)29-5/h8-11,14H,6-7,12-13H2,1-5H3. The van der Waals surface area contributed by atoms with Crippen LogP contribution in [0.2, 0.25) is 0 Å². The molecule has 0 N–H and O–H groups in total. The second-order valence-corrected chi connectivity index (χ2v) is 7.41. The molecule has 0 aliphatic carbocycles. The molecule has 0 saturated carbocycles. The third-order valence-corrected chi connectivity index (χ3v) is 5.44. The quantitative estimate of drug-likeness (QED) is 0.501. The minimum Gasteiger partial charge on any atom is -0.493 e. The molecule has 2 heterocycles. The Morgan fingerprint density at radius 3 is 2.33 bits per heavy atom. The molecule has 0 atom stereocenters. The Hall–Kier alpha value is -2.87. The number of hydrogen-bond acceptors (Lipinski definition) is 5. The van der Waals surface area contributed by atoms with Crippen LogP contribution in [0.15, 0.2) is 23.0 Å².